The molecule has 1 aromatic rings. The first kappa shape index (κ1) is 13.0. The molecule has 18 heavy (non-hydrogen) atoms. The average molecular weight is 251 g/mol. The number of benzene rings is 1. The minimum Gasteiger partial charge on any atom is -0.480 e. The Morgan fingerprint density at radius 1 is 1.50 bits per heavy atom. The largest absolute Gasteiger partial charge is 0.480 e. The van der Waals surface area contributed by atoms with Crippen molar-refractivity contribution in [3.63, 3.8) is 0 Å². The molecular weight excluding hydrogens is 233 g/mol. The van der Waals surface area contributed by atoms with Gasteiger partial charge < -0.3 is 5.11 Å². The van der Waals surface area contributed by atoms with Crippen LogP contribution in [0.5, 0.6) is 0 Å². The molecule has 3 nitrogen and oxygen atoms in total. The van der Waals surface area contributed by atoms with E-state index in [9.17, 15) is 14.3 Å². The van der Waals surface area contributed by atoms with Crippen LogP contribution in [-0.2, 0) is 4.79 Å². The molecule has 0 aliphatic carbocycles. The highest BCUT2D eigenvalue weighted by molar-refractivity contribution is 5.74. The lowest BCUT2D eigenvalue weighted by Crippen LogP contribution is -2.40. The van der Waals surface area contributed by atoms with E-state index in [0.29, 0.717) is 12.1 Å². The zero-order chi connectivity index (χ0) is 13.3. The lowest BCUT2D eigenvalue weighted by atomic mass is 10.0. The minimum atomic E-state index is -0.816. The van der Waals surface area contributed by atoms with Crippen LogP contribution in [0, 0.1) is 11.7 Å². The molecule has 2 rings (SSSR count). The summed E-state index contributed by atoms with van der Waals surface area (Å²) in [5, 5.41) is 9.28. The Labute approximate surface area is 106 Å². The second-order valence-corrected chi connectivity index (χ2v) is 4.98. The first-order valence-corrected chi connectivity index (χ1v) is 6.25. The van der Waals surface area contributed by atoms with Crippen molar-refractivity contribution in [1.82, 2.24) is 4.90 Å². The summed E-state index contributed by atoms with van der Waals surface area (Å²) in [6.07, 6.45) is 0.843. The quantitative estimate of drug-likeness (QED) is 0.898. The lowest BCUT2D eigenvalue weighted by Gasteiger charge is -2.30. The van der Waals surface area contributed by atoms with Crippen LogP contribution >= 0.6 is 0 Å². The highest BCUT2D eigenvalue weighted by atomic mass is 19.1. The summed E-state index contributed by atoms with van der Waals surface area (Å²) >= 11 is 0. The second-order valence-electron chi connectivity index (χ2n) is 4.98. The molecule has 0 spiro atoms. The van der Waals surface area contributed by atoms with E-state index in [0.717, 1.165) is 6.42 Å². The zero-order valence-electron chi connectivity index (χ0n) is 10.6. The standard InChI is InChI=1S/C14H18FNO2/c1-9-7-8-16(13(9)14(17)18)10(2)11-5-3-4-6-12(11)15/h3-6,9-10,13H,7-8H2,1-2H3,(H,17,18). The van der Waals surface area contributed by atoms with Gasteiger partial charge in [0.05, 0.1) is 0 Å². The van der Waals surface area contributed by atoms with Gasteiger partial charge in [-0.2, -0.15) is 0 Å². The Hall–Kier alpha value is -1.42. The molecule has 1 aliphatic rings. The molecule has 1 aromatic carbocycles. The van der Waals surface area contributed by atoms with E-state index in [1.165, 1.54) is 6.07 Å². The van der Waals surface area contributed by atoms with Gasteiger partial charge in [0.2, 0.25) is 0 Å². The van der Waals surface area contributed by atoms with E-state index in [-0.39, 0.29) is 17.8 Å². The van der Waals surface area contributed by atoms with Gasteiger partial charge in [0.15, 0.2) is 0 Å². The number of carboxylic acids is 1. The van der Waals surface area contributed by atoms with Crippen LogP contribution in [0.15, 0.2) is 24.3 Å². The van der Waals surface area contributed by atoms with Gasteiger partial charge in [0, 0.05) is 11.6 Å². The summed E-state index contributed by atoms with van der Waals surface area (Å²) in [5.41, 5.74) is 0.567. The Morgan fingerprint density at radius 2 is 2.17 bits per heavy atom. The van der Waals surface area contributed by atoms with E-state index in [2.05, 4.69) is 0 Å². The Kier molecular flexibility index (Phi) is 3.66. The summed E-state index contributed by atoms with van der Waals surface area (Å²) in [6, 6.07) is 5.84. The molecule has 0 bridgehead atoms. The lowest BCUT2D eigenvalue weighted by molar-refractivity contribution is -0.144. The van der Waals surface area contributed by atoms with Gasteiger partial charge in [-0.15, -0.1) is 0 Å². The van der Waals surface area contributed by atoms with Crippen molar-refractivity contribution in [3.05, 3.63) is 35.6 Å². The van der Waals surface area contributed by atoms with E-state index >= 15 is 0 Å². The molecule has 1 fully saturated rings. The monoisotopic (exact) mass is 251 g/mol. The van der Waals surface area contributed by atoms with Crippen molar-refractivity contribution in [2.75, 3.05) is 6.54 Å². The average Bonchev–Trinajstić information content (AvgIpc) is 2.71. The molecule has 1 saturated heterocycles. The molecule has 0 aromatic heterocycles. The molecule has 98 valence electrons. The van der Waals surface area contributed by atoms with Crippen LogP contribution in [-0.4, -0.2) is 28.6 Å². The smallest absolute Gasteiger partial charge is 0.321 e. The number of nitrogens with zero attached hydrogens (tertiary/aromatic N) is 1. The Morgan fingerprint density at radius 3 is 2.78 bits per heavy atom. The number of likely N-dealkylation sites (tertiary alicyclic amines) is 1. The predicted molar refractivity (Wildman–Crippen MR) is 66.7 cm³/mol. The summed E-state index contributed by atoms with van der Waals surface area (Å²) in [5.74, 6) is -0.978. The fraction of sp³-hybridized carbons (Fsp3) is 0.500. The number of aliphatic carboxylic acids is 1. The molecule has 0 radical (unpaired) electrons. The van der Waals surface area contributed by atoms with E-state index in [4.69, 9.17) is 0 Å². The summed E-state index contributed by atoms with van der Waals surface area (Å²) in [7, 11) is 0. The zero-order valence-corrected chi connectivity index (χ0v) is 10.6. The van der Waals surface area contributed by atoms with Crippen LogP contribution in [0.25, 0.3) is 0 Å². The number of carboxylic acid groups (broad SMARTS) is 1. The fourth-order valence-electron chi connectivity index (χ4n) is 2.79. The van der Waals surface area contributed by atoms with Gasteiger partial charge in [0.25, 0.3) is 0 Å². The highest BCUT2D eigenvalue weighted by Gasteiger charge is 2.39. The van der Waals surface area contributed by atoms with E-state index < -0.39 is 12.0 Å². The maximum absolute atomic E-state index is 13.7. The Bertz CT molecular complexity index is 449. The summed E-state index contributed by atoms with van der Waals surface area (Å²) in [6.45, 7) is 4.51. The third kappa shape index (κ3) is 2.25. The second kappa shape index (κ2) is 5.06. The van der Waals surface area contributed by atoms with Gasteiger partial charge in [-0.3, -0.25) is 9.69 Å². The highest BCUT2D eigenvalue weighted by Crippen LogP contribution is 2.33. The first-order valence-electron chi connectivity index (χ1n) is 6.25. The van der Waals surface area contributed by atoms with Gasteiger partial charge >= 0.3 is 5.97 Å². The number of carbonyl (C=O) groups is 1. The van der Waals surface area contributed by atoms with Crippen molar-refractivity contribution in [1.29, 1.82) is 0 Å². The third-order valence-electron chi connectivity index (χ3n) is 3.84. The van der Waals surface area contributed by atoms with Crippen molar-refractivity contribution in [3.8, 4) is 0 Å². The van der Waals surface area contributed by atoms with Crippen molar-refractivity contribution >= 4 is 5.97 Å². The third-order valence-corrected chi connectivity index (χ3v) is 3.84. The van der Waals surface area contributed by atoms with Gasteiger partial charge in [-0.25, -0.2) is 4.39 Å². The number of halogens is 1. The van der Waals surface area contributed by atoms with Crippen LogP contribution in [0.1, 0.15) is 31.9 Å². The number of hydrogen-bond donors (Lipinski definition) is 1. The van der Waals surface area contributed by atoms with Gasteiger partial charge in [-0.1, -0.05) is 25.1 Å². The van der Waals surface area contributed by atoms with Crippen molar-refractivity contribution in [2.45, 2.75) is 32.4 Å². The van der Waals surface area contributed by atoms with Crippen LogP contribution in [0.4, 0.5) is 4.39 Å². The molecule has 3 atom stereocenters. The molecule has 1 N–H and O–H groups in total. The van der Waals surface area contributed by atoms with Crippen LogP contribution < -0.4 is 0 Å². The number of rotatable bonds is 3. The Balaban J connectivity index is 2.26. The minimum absolute atomic E-state index is 0.108. The van der Waals surface area contributed by atoms with Crippen molar-refractivity contribution in [2.24, 2.45) is 5.92 Å². The molecule has 1 aliphatic heterocycles. The maximum atomic E-state index is 13.7. The molecule has 0 saturated carbocycles. The fourth-order valence-corrected chi connectivity index (χ4v) is 2.79. The molecule has 4 heteroatoms. The molecule has 0 amide bonds. The summed E-state index contributed by atoms with van der Waals surface area (Å²) < 4.78 is 13.7. The van der Waals surface area contributed by atoms with Gasteiger partial charge in [0.1, 0.15) is 11.9 Å². The molecule has 1 heterocycles. The van der Waals surface area contributed by atoms with Gasteiger partial charge in [-0.05, 0) is 31.9 Å². The predicted octanol–water partition coefficient (Wildman–Crippen LogP) is 2.68. The molecular formula is C14H18FNO2. The topological polar surface area (TPSA) is 40.5 Å². The first-order chi connectivity index (χ1) is 8.52. The summed E-state index contributed by atoms with van der Waals surface area (Å²) in [4.78, 5) is 13.2. The van der Waals surface area contributed by atoms with Crippen LogP contribution in [0.3, 0.4) is 0 Å². The normalized spacial score (nSPS) is 26.2. The molecule has 3 unspecified atom stereocenters. The number of hydrogen-bond acceptors (Lipinski definition) is 2. The maximum Gasteiger partial charge on any atom is 0.321 e. The van der Waals surface area contributed by atoms with Crippen molar-refractivity contribution < 1.29 is 14.3 Å². The SMILES string of the molecule is CC1CCN(C(C)c2ccccc2F)C1C(=O)O. The van der Waals surface area contributed by atoms with E-state index in [1.54, 1.807) is 18.2 Å². The van der Waals surface area contributed by atoms with Crippen LogP contribution in [0.2, 0.25) is 0 Å². The van der Waals surface area contributed by atoms with E-state index in [1.807, 2.05) is 18.7 Å².